The maximum atomic E-state index is 2.51. The van der Waals surface area contributed by atoms with Crippen molar-refractivity contribution in [3.8, 4) is 11.1 Å². The van der Waals surface area contributed by atoms with Gasteiger partial charge in [-0.3, -0.25) is 0 Å². The molecule has 7 aromatic carbocycles. The second-order valence-electron chi connectivity index (χ2n) is 12.6. The molecular weight excluding hydrogens is 563 g/mol. The van der Waals surface area contributed by atoms with Crippen molar-refractivity contribution in [1.29, 1.82) is 0 Å². The van der Waals surface area contributed by atoms with Crippen molar-refractivity contribution in [2.45, 2.75) is 18.3 Å². The van der Waals surface area contributed by atoms with Gasteiger partial charge in [0.1, 0.15) is 0 Å². The van der Waals surface area contributed by atoms with Crippen LogP contribution in [0.4, 0.5) is 17.1 Å². The molecule has 1 heterocycles. The third-order valence-corrected chi connectivity index (χ3v) is 11.4. The summed E-state index contributed by atoms with van der Waals surface area (Å²) in [5, 5.41) is 5.16. The third kappa shape index (κ3) is 3.67. The van der Waals surface area contributed by atoms with Crippen molar-refractivity contribution >= 4 is 59.3 Å². The lowest BCUT2D eigenvalue weighted by Gasteiger charge is -2.30. The van der Waals surface area contributed by atoms with Crippen molar-refractivity contribution in [2.24, 2.45) is 0 Å². The van der Waals surface area contributed by atoms with Gasteiger partial charge in [0.05, 0.1) is 0 Å². The first-order chi connectivity index (χ1) is 22.2. The van der Waals surface area contributed by atoms with Crippen molar-refractivity contribution in [1.82, 2.24) is 0 Å². The highest BCUT2D eigenvalue weighted by Gasteiger charge is 2.47. The fourth-order valence-electron chi connectivity index (χ4n) is 8.20. The Balaban J connectivity index is 1.20. The van der Waals surface area contributed by atoms with Crippen LogP contribution < -0.4 is 4.90 Å². The van der Waals surface area contributed by atoms with Crippen LogP contribution in [0.15, 0.2) is 152 Å². The second-order valence-corrected chi connectivity index (χ2v) is 13.7. The lowest BCUT2D eigenvalue weighted by molar-refractivity contribution is 0.563. The Hall–Kier alpha value is -5.18. The Kier molecular flexibility index (Phi) is 5.26. The van der Waals surface area contributed by atoms with Gasteiger partial charge in [-0.05, 0) is 99.5 Å². The number of thiophene rings is 1. The van der Waals surface area contributed by atoms with Gasteiger partial charge in [-0.25, -0.2) is 0 Å². The number of nitrogens with zero attached hydrogens (tertiary/aromatic N) is 1. The SMILES string of the molecule is c1ccc2c(c1)CC1(C2)c2ccccc2-c2ccc(N(c3ccc4ccccc4c3)c3ccc4c(c3)sc3ccccc34)cc21. The highest BCUT2D eigenvalue weighted by atomic mass is 32.1. The Morgan fingerprint density at radius 1 is 0.444 bits per heavy atom. The summed E-state index contributed by atoms with van der Waals surface area (Å²) >= 11 is 1.88. The molecule has 8 aromatic rings. The van der Waals surface area contributed by atoms with E-state index in [2.05, 4.69) is 157 Å². The Labute approximate surface area is 266 Å². The smallest absolute Gasteiger partial charge is 0.0476 e. The molecule has 0 radical (unpaired) electrons. The van der Waals surface area contributed by atoms with Crippen LogP contribution in [0.1, 0.15) is 22.3 Å². The number of hydrogen-bond donors (Lipinski definition) is 0. The summed E-state index contributed by atoms with van der Waals surface area (Å²) in [4.78, 5) is 2.47. The molecule has 0 saturated heterocycles. The molecule has 0 bridgehead atoms. The lowest BCUT2D eigenvalue weighted by Crippen LogP contribution is -2.26. The van der Waals surface area contributed by atoms with Gasteiger partial charge in [0.25, 0.3) is 0 Å². The van der Waals surface area contributed by atoms with Crippen LogP contribution in [0.5, 0.6) is 0 Å². The summed E-state index contributed by atoms with van der Waals surface area (Å²) in [5.74, 6) is 0. The van der Waals surface area contributed by atoms with Crippen LogP contribution in [0.2, 0.25) is 0 Å². The monoisotopic (exact) mass is 591 g/mol. The number of hydrogen-bond acceptors (Lipinski definition) is 2. The largest absolute Gasteiger partial charge is 0.310 e. The predicted molar refractivity (Wildman–Crippen MR) is 192 cm³/mol. The molecule has 2 aliphatic carbocycles. The minimum Gasteiger partial charge on any atom is -0.310 e. The highest BCUT2D eigenvalue weighted by molar-refractivity contribution is 7.25. The summed E-state index contributed by atoms with van der Waals surface area (Å²) in [5.41, 5.74) is 12.2. The standard InChI is InChI=1S/C43H29NS/c1-2-10-29-23-32(18-17-28(29)9-1)44(34-20-22-38-37-14-6-8-16-41(37)45-42(38)25-34)33-19-21-36-35-13-5-7-15-39(35)43(40(36)24-33)26-30-11-3-4-12-31(30)27-43/h1-25H,26-27H2. The Morgan fingerprint density at radius 2 is 1.07 bits per heavy atom. The van der Waals surface area contributed by atoms with Crippen LogP contribution in [-0.4, -0.2) is 0 Å². The first-order valence-electron chi connectivity index (χ1n) is 15.8. The molecule has 1 nitrogen and oxygen atoms in total. The topological polar surface area (TPSA) is 3.24 Å². The van der Waals surface area contributed by atoms with E-state index < -0.39 is 0 Å². The van der Waals surface area contributed by atoms with Crippen LogP contribution in [0, 0.1) is 0 Å². The Morgan fingerprint density at radius 3 is 1.96 bits per heavy atom. The lowest BCUT2D eigenvalue weighted by atomic mass is 9.75. The number of rotatable bonds is 3. The van der Waals surface area contributed by atoms with Gasteiger partial charge >= 0.3 is 0 Å². The number of benzene rings is 7. The van der Waals surface area contributed by atoms with Gasteiger partial charge < -0.3 is 4.90 Å². The molecular formula is C43H29NS. The van der Waals surface area contributed by atoms with E-state index in [0.29, 0.717) is 0 Å². The molecule has 10 rings (SSSR count). The van der Waals surface area contributed by atoms with Crippen LogP contribution in [0.3, 0.4) is 0 Å². The van der Waals surface area contributed by atoms with E-state index in [1.165, 1.54) is 81.4 Å². The molecule has 0 aliphatic heterocycles. The third-order valence-electron chi connectivity index (χ3n) is 10.2. The summed E-state index contributed by atoms with van der Waals surface area (Å²) in [6.45, 7) is 0. The summed E-state index contributed by atoms with van der Waals surface area (Å²) in [7, 11) is 0. The molecule has 2 aliphatic rings. The molecule has 212 valence electrons. The van der Waals surface area contributed by atoms with Gasteiger partial charge in [-0.2, -0.15) is 0 Å². The van der Waals surface area contributed by atoms with E-state index in [9.17, 15) is 0 Å². The zero-order valence-corrected chi connectivity index (χ0v) is 25.5. The average Bonchev–Trinajstić information content (AvgIpc) is 3.75. The first-order valence-corrected chi connectivity index (χ1v) is 16.6. The van der Waals surface area contributed by atoms with E-state index in [1.54, 1.807) is 0 Å². The van der Waals surface area contributed by atoms with Gasteiger partial charge in [0.15, 0.2) is 0 Å². The van der Waals surface area contributed by atoms with E-state index in [4.69, 9.17) is 0 Å². The van der Waals surface area contributed by atoms with Crippen LogP contribution >= 0.6 is 11.3 Å². The molecule has 0 atom stereocenters. The first kappa shape index (κ1) is 25.2. The summed E-state index contributed by atoms with van der Waals surface area (Å²) in [6, 6.07) is 56.7. The molecule has 0 fully saturated rings. The van der Waals surface area contributed by atoms with Gasteiger partial charge in [-0.15, -0.1) is 11.3 Å². The van der Waals surface area contributed by atoms with E-state index >= 15 is 0 Å². The summed E-state index contributed by atoms with van der Waals surface area (Å²) in [6.07, 6.45) is 2.08. The Bertz CT molecular complexity index is 2440. The average molecular weight is 592 g/mol. The molecule has 1 spiro atoms. The minimum atomic E-state index is -0.0455. The maximum absolute atomic E-state index is 2.51. The van der Waals surface area contributed by atoms with Gasteiger partial charge in [0.2, 0.25) is 0 Å². The van der Waals surface area contributed by atoms with E-state index in [-0.39, 0.29) is 5.41 Å². The maximum Gasteiger partial charge on any atom is 0.0476 e. The van der Waals surface area contributed by atoms with E-state index in [0.717, 1.165) is 12.8 Å². The molecule has 0 unspecified atom stereocenters. The number of anilines is 3. The second kappa shape index (κ2) is 9.41. The zero-order valence-electron chi connectivity index (χ0n) is 24.7. The molecule has 45 heavy (non-hydrogen) atoms. The minimum absolute atomic E-state index is 0.0455. The molecule has 2 heteroatoms. The van der Waals surface area contributed by atoms with Crippen LogP contribution in [-0.2, 0) is 18.3 Å². The molecule has 0 saturated carbocycles. The number of fused-ring (bicyclic) bond motifs is 10. The highest BCUT2D eigenvalue weighted by Crippen LogP contribution is 2.56. The normalized spacial score (nSPS) is 14.2. The quantitative estimate of drug-likeness (QED) is 0.198. The summed E-state index contributed by atoms with van der Waals surface area (Å²) < 4.78 is 2.65. The fraction of sp³-hybridized carbons (Fsp3) is 0.0698. The van der Waals surface area contributed by atoms with Crippen molar-refractivity contribution < 1.29 is 0 Å². The van der Waals surface area contributed by atoms with E-state index in [1.807, 2.05) is 11.3 Å². The van der Waals surface area contributed by atoms with Crippen LogP contribution in [0.25, 0.3) is 42.1 Å². The zero-order chi connectivity index (χ0) is 29.5. The van der Waals surface area contributed by atoms with Crippen molar-refractivity contribution in [3.05, 3.63) is 174 Å². The predicted octanol–water partition coefficient (Wildman–Crippen LogP) is 11.7. The van der Waals surface area contributed by atoms with Gasteiger partial charge in [-0.1, -0.05) is 109 Å². The molecule has 0 amide bonds. The molecule has 0 N–H and O–H groups in total. The van der Waals surface area contributed by atoms with Gasteiger partial charge in [0, 0.05) is 42.6 Å². The fourth-order valence-corrected chi connectivity index (χ4v) is 9.33. The van der Waals surface area contributed by atoms with Crippen molar-refractivity contribution in [3.63, 3.8) is 0 Å². The van der Waals surface area contributed by atoms with Crippen molar-refractivity contribution in [2.75, 3.05) is 4.90 Å². The molecule has 1 aromatic heterocycles.